The molecule has 1 aliphatic rings. The minimum Gasteiger partial charge on any atom is -0.393 e. The third kappa shape index (κ3) is 2.56. The molecule has 1 N–H and O–H groups in total. The molecule has 1 aliphatic heterocycles. The lowest BCUT2D eigenvalue weighted by Crippen LogP contribution is -2.31. The Labute approximate surface area is 59.6 Å². The topological polar surface area (TPSA) is 29.5 Å². The molecule has 1 atom stereocenters. The zero-order valence-electron chi connectivity index (χ0n) is 5.54. The molecular formula is C6H12O2S. The van der Waals surface area contributed by atoms with Crippen LogP contribution in [0.5, 0.6) is 0 Å². The zero-order valence-corrected chi connectivity index (χ0v) is 6.36. The van der Waals surface area contributed by atoms with Gasteiger partial charge < -0.3 is 9.84 Å². The highest BCUT2D eigenvalue weighted by atomic mass is 32.2. The highest BCUT2D eigenvalue weighted by molar-refractivity contribution is 8.00. The SMILES string of the molecule is CC(O)CSC1COC1. The van der Waals surface area contributed by atoms with Gasteiger partial charge in [-0.3, -0.25) is 0 Å². The van der Waals surface area contributed by atoms with E-state index in [0.29, 0.717) is 5.25 Å². The fourth-order valence-electron chi connectivity index (χ4n) is 0.586. The average molecular weight is 148 g/mol. The summed E-state index contributed by atoms with van der Waals surface area (Å²) in [6.45, 7) is 3.56. The van der Waals surface area contributed by atoms with Gasteiger partial charge in [-0.1, -0.05) is 0 Å². The number of ether oxygens (including phenoxy) is 1. The van der Waals surface area contributed by atoms with Crippen molar-refractivity contribution in [2.45, 2.75) is 18.3 Å². The van der Waals surface area contributed by atoms with Gasteiger partial charge in [0.2, 0.25) is 0 Å². The molecule has 0 aromatic rings. The molecule has 1 fully saturated rings. The fourth-order valence-corrected chi connectivity index (χ4v) is 1.52. The molecule has 1 rings (SSSR count). The predicted octanol–water partition coefficient (Wildman–Crippen LogP) is 0.499. The molecule has 54 valence electrons. The zero-order chi connectivity index (χ0) is 6.69. The second-order valence-electron chi connectivity index (χ2n) is 2.34. The molecule has 0 radical (unpaired) electrons. The lowest BCUT2D eigenvalue weighted by atomic mass is 10.4. The number of rotatable bonds is 3. The van der Waals surface area contributed by atoms with E-state index in [1.165, 1.54) is 0 Å². The molecule has 0 aromatic carbocycles. The first-order chi connectivity index (χ1) is 4.29. The summed E-state index contributed by atoms with van der Waals surface area (Å²) in [4.78, 5) is 0. The van der Waals surface area contributed by atoms with E-state index in [2.05, 4.69) is 0 Å². The van der Waals surface area contributed by atoms with E-state index in [1.807, 2.05) is 6.92 Å². The lowest BCUT2D eigenvalue weighted by molar-refractivity contribution is 0.0453. The molecule has 1 saturated heterocycles. The van der Waals surface area contributed by atoms with Gasteiger partial charge in [-0.25, -0.2) is 0 Å². The van der Waals surface area contributed by atoms with Gasteiger partial charge >= 0.3 is 0 Å². The van der Waals surface area contributed by atoms with Gasteiger partial charge in [-0.15, -0.1) is 0 Å². The third-order valence-corrected chi connectivity index (χ3v) is 2.60. The van der Waals surface area contributed by atoms with Crippen LogP contribution in [0.1, 0.15) is 6.92 Å². The second-order valence-corrected chi connectivity index (χ2v) is 3.68. The van der Waals surface area contributed by atoms with E-state index in [0.717, 1.165) is 19.0 Å². The maximum Gasteiger partial charge on any atom is 0.0607 e. The molecular weight excluding hydrogens is 136 g/mol. The van der Waals surface area contributed by atoms with Crippen molar-refractivity contribution in [1.82, 2.24) is 0 Å². The van der Waals surface area contributed by atoms with Gasteiger partial charge in [0, 0.05) is 5.75 Å². The minimum atomic E-state index is -0.171. The van der Waals surface area contributed by atoms with E-state index in [-0.39, 0.29) is 6.10 Å². The summed E-state index contributed by atoms with van der Waals surface area (Å²) in [5.74, 6) is 0.841. The molecule has 0 bridgehead atoms. The van der Waals surface area contributed by atoms with Crippen LogP contribution in [-0.2, 0) is 4.74 Å². The highest BCUT2D eigenvalue weighted by Gasteiger charge is 2.18. The van der Waals surface area contributed by atoms with Gasteiger partial charge in [0.1, 0.15) is 0 Å². The Kier molecular flexibility index (Phi) is 2.82. The first-order valence-corrected chi connectivity index (χ1v) is 4.21. The summed E-state index contributed by atoms with van der Waals surface area (Å²) in [5, 5.41) is 9.51. The molecule has 0 aromatic heterocycles. The van der Waals surface area contributed by atoms with E-state index < -0.39 is 0 Å². The van der Waals surface area contributed by atoms with Crippen LogP contribution in [0.4, 0.5) is 0 Å². The van der Waals surface area contributed by atoms with Gasteiger partial charge in [0.05, 0.1) is 24.6 Å². The lowest BCUT2D eigenvalue weighted by Gasteiger charge is -2.25. The van der Waals surface area contributed by atoms with Crippen molar-refractivity contribution in [1.29, 1.82) is 0 Å². The molecule has 1 heterocycles. The van der Waals surface area contributed by atoms with E-state index in [1.54, 1.807) is 11.8 Å². The van der Waals surface area contributed by atoms with Crippen molar-refractivity contribution in [3.8, 4) is 0 Å². The number of aliphatic hydroxyl groups is 1. The Morgan fingerprint density at radius 1 is 1.78 bits per heavy atom. The van der Waals surface area contributed by atoms with Crippen LogP contribution in [0.15, 0.2) is 0 Å². The van der Waals surface area contributed by atoms with Crippen molar-refractivity contribution < 1.29 is 9.84 Å². The summed E-state index contributed by atoms with van der Waals surface area (Å²) < 4.78 is 4.96. The standard InChI is InChI=1S/C6H12O2S/c1-5(7)4-9-6-2-8-3-6/h5-7H,2-4H2,1H3. The van der Waals surface area contributed by atoms with Crippen LogP contribution >= 0.6 is 11.8 Å². The van der Waals surface area contributed by atoms with Crippen molar-refractivity contribution in [2.24, 2.45) is 0 Å². The van der Waals surface area contributed by atoms with Crippen LogP contribution in [0.2, 0.25) is 0 Å². The van der Waals surface area contributed by atoms with Gasteiger partial charge in [0.25, 0.3) is 0 Å². The predicted molar refractivity (Wildman–Crippen MR) is 38.7 cm³/mol. The average Bonchev–Trinajstić information content (AvgIpc) is 1.60. The van der Waals surface area contributed by atoms with Crippen LogP contribution < -0.4 is 0 Å². The fraction of sp³-hybridized carbons (Fsp3) is 1.00. The van der Waals surface area contributed by atoms with Crippen LogP contribution in [0.3, 0.4) is 0 Å². The smallest absolute Gasteiger partial charge is 0.0607 e. The molecule has 0 spiro atoms. The van der Waals surface area contributed by atoms with Crippen LogP contribution in [-0.4, -0.2) is 35.4 Å². The summed E-state index contributed by atoms with van der Waals surface area (Å²) >= 11 is 1.80. The van der Waals surface area contributed by atoms with Crippen molar-refractivity contribution in [2.75, 3.05) is 19.0 Å². The normalized spacial score (nSPS) is 23.3. The Hall–Kier alpha value is 0.270. The maximum atomic E-state index is 8.86. The molecule has 9 heavy (non-hydrogen) atoms. The Balaban J connectivity index is 1.91. The molecule has 1 unspecified atom stereocenters. The summed E-state index contributed by atoms with van der Waals surface area (Å²) in [6, 6.07) is 0. The molecule has 0 aliphatic carbocycles. The third-order valence-electron chi connectivity index (χ3n) is 1.18. The molecule has 0 saturated carbocycles. The summed E-state index contributed by atoms with van der Waals surface area (Å²) in [6.07, 6.45) is -0.171. The Morgan fingerprint density at radius 3 is 2.78 bits per heavy atom. The van der Waals surface area contributed by atoms with E-state index in [9.17, 15) is 0 Å². The van der Waals surface area contributed by atoms with Gasteiger partial charge in [0.15, 0.2) is 0 Å². The highest BCUT2D eigenvalue weighted by Crippen LogP contribution is 2.19. The van der Waals surface area contributed by atoms with Crippen LogP contribution in [0, 0.1) is 0 Å². The summed E-state index contributed by atoms with van der Waals surface area (Å²) in [7, 11) is 0. The van der Waals surface area contributed by atoms with Gasteiger partial charge in [-0.2, -0.15) is 11.8 Å². The van der Waals surface area contributed by atoms with Gasteiger partial charge in [-0.05, 0) is 6.92 Å². The van der Waals surface area contributed by atoms with E-state index >= 15 is 0 Å². The number of thioether (sulfide) groups is 1. The maximum absolute atomic E-state index is 8.86. The minimum absolute atomic E-state index is 0.171. The van der Waals surface area contributed by atoms with E-state index in [4.69, 9.17) is 9.84 Å². The van der Waals surface area contributed by atoms with Crippen molar-refractivity contribution in [3.63, 3.8) is 0 Å². The van der Waals surface area contributed by atoms with Crippen molar-refractivity contribution in [3.05, 3.63) is 0 Å². The first-order valence-electron chi connectivity index (χ1n) is 3.16. The monoisotopic (exact) mass is 148 g/mol. The molecule has 0 amide bonds. The number of hydrogen-bond donors (Lipinski definition) is 1. The van der Waals surface area contributed by atoms with Crippen LogP contribution in [0.25, 0.3) is 0 Å². The first kappa shape index (κ1) is 7.38. The number of hydrogen-bond acceptors (Lipinski definition) is 3. The summed E-state index contributed by atoms with van der Waals surface area (Å²) in [5.41, 5.74) is 0. The largest absolute Gasteiger partial charge is 0.393 e. The molecule has 3 heteroatoms. The Bertz CT molecular complexity index is 81.1. The molecule has 2 nitrogen and oxygen atoms in total. The second kappa shape index (κ2) is 3.44. The number of aliphatic hydroxyl groups excluding tert-OH is 1. The van der Waals surface area contributed by atoms with Crippen molar-refractivity contribution >= 4 is 11.8 Å². The Morgan fingerprint density at radius 2 is 2.44 bits per heavy atom. The quantitative estimate of drug-likeness (QED) is 0.632.